The highest BCUT2D eigenvalue weighted by Gasteiger charge is 2.27. The van der Waals surface area contributed by atoms with Crippen molar-refractivity contribution in [3.05, 3.63) is 42.0 Å². The molecule has 0 atom stereocenters. The van der Waals surface area contributed by atoms with Crippen LogP contribution in [0.2, 0.25) is 0 Å². The number of carbonyl (C=O) groups excluding carboxylic acids is 1. The van der Waals surface area contributed by atoms with Crippen LogP contribution in [0.3, 0.4) is 0 Å². The molecule has 4 nitrogen and oxygen atoms in total. The number of ether oxygens (including phenoxy) is 1. The molecule has 4 rings (SSSR count). The maximum absolute atomic E-state index is 13.1. The number of benzene rings is 2. The van der Waals surface area contributed by atoms with E-state index in [1.165, 1.54) is 51.6 Å². The summed E-state index contributed by atoms with van der Waals surface area (Å²) in [5.74, 6) is 1.24. The number of hydrogen-bond donors (Lipinski definition) is 1. The topological polar surface area (TPSA) is 41.6 Å². The first-order chi connectivity index (χ1) is 13.8. The first kappa shape index (κ1) is 19.3. The van der Waals surface area contributed by atoms with Crippen LogP contribution >= 0.6 is 0 Å². The lowest BCUT2D eigenvalue weighted by molar-refractivity contribution is 0.0923. The lowest BCUT2D eigenvalue weighted by atomic mass is 9.95. The van der Waals surface area contributed by atoms with Crippen LogP contribution in [0.1, 0.15) is 55.8 Å². The first-order valence-corrected chi connectivity index (χ1v) is 10.9. The minimum atomic E-state index is -0.0153. The summed E-state index contributed by atoms with van der Waals surface area (Å²) in [6.07, 6.45) is 7.92. The van der Waals surface area contributed by atoms with Gasteiger partial charge in [0, 0.05) is 12.6 Å². The molecule has 0 bridgehead atoms. The second-order valence-electron chi connectivity index (χ2n) is 8.22. The van der Waals surface area contributed by atoms with Gasteiger partial charge < -0.3 is 15.0 Å². The van der Waals surface area contributed by atoms with Gasteiger partial charge in [-0.15, -0.1) is 0 Å². The van der Waals surface area contributed by atoms with Gasteiger partial charge in [-0.3, -0.25) is 4.79 Å². The SMILES string of the molecule is CCOc1ccc2ccccc2c1C(=O)NCC1CCN(C2CCCC2)CC1. The lowest BCUT2D eigenvalue weighted by Gasteiger charge is -2.36. The molecule has 0 unspecified atom stereocenters. The van der Waals surface area contributed by atoms with E-state index >= 15 is 0 Å². The number of nitrogens with zero attached hydrogens (tertiary/aromatic N) is 1. The Labute approximate surface area is 168 Å². The summed E-state index contributed by atoms with van der Waals surface area (Å²) in [5.41, 5.74) is 0.670. The average Bonchev–Trinajstić information content (AvgIpc) is 3.27. The van der Waals surface area contributed by atoms with Crippen molar-refractivity contribution in [3.8, 4) is 5.75 Å². The van der Waals surface area contributed by atoms with E-state index in [0.717, 1.165) is 23.4 Å². The molecule has 1 saturated carbocycles. The van der Waals surface area contributed by atoms with Crippen LogP contribution in [0.4, 0.5) is 0 Å². The van der Waals surface area contributed by atoms with E-state index in [9.17, 15) is 4.79 Å². The molecule has 2 aliphatic rings. The van der Waals surface area contributed by atoms with Gasteiger partial charge in [-0.1, -0.05) is 43.2 Å². The van der Waals surface area contributed by atoms with Gasteiger partial charge in [0.2, 0.25) is 0 Å². The second-order valence-corrected chi connectivity index (χ2v) is 8.22. The summed E-state index contributed by atoms with van der Waals surface area (Å²) in [6.45, 7) is 5.63. The van der Waals surface area contributed by atoms with E-state index in [1.807, 2.05) is 43.3 Å². The summed E-state index contributed by atoms with van der Waals surface area (Å²) in [7, 11) is 0. The van der Waals surface area contributed by atoms with Gasteiger partial charge in [-0.05, 0) is 68.5 Å². The maximum atomic E-state index is 13.1. The summed E-state index contributed by atoms with van der Waals surface area (Å²) < 4.78 is 5.76. The van der Waals surface area contributed by atoms with Crippen molar-refractivity contribution >= 4 is 16.7 Å². The van der Waals surface area contributed by atoms with E-state index in [2.05, 4.69) is 10.2 Å². The van der Waals surface area contributed by atoms with Crippen molar-refractivity contribution < 1.29 is 9.53 Å². The van der Waals surface area contributed by atoms with Crippen molar-refractivity contribution in [1.29, 1.82) is 0 Å². The van der Waals surface area contributed by atoms with Crippen LogP contribution in [0.15, 0.2) is 36.4 Å². The molecule has 1 N–H and O–H groups in total. The normalized spacial score (nSPS) is 19.2. The zero-order valence-electron chi connectivity index (χ0n) is 17.0. The average molecular weight is 381 g/mol. The molecule has 0 spiro atoms. The zero-order chi connectivity index (χ0) is 19.3. The molecule has 2 fully saturated rings. The largest absolute Gasteiger partial charge is 0.493 e. The molecule has 2 aromatic rings. The van der Waals surface area contributed by atoms with Crippen LogP contribution in [0, 0.1) is 5.92 Å². The van der Waals surface area contributed by atoms with Gasteiger partial charge >= 0.3 is 0 Å². The van der Waals surface area contributed by atoms with Crippen molar-refractivity contribution in [2.24, 2.45) is 5.92 Å². The number of hydrogen-bond acceptors (Lipinski definition) is 3. The minimum absolute atomic E-state index is 0.0153. The molecule has 1 saturated heterocycles. The number of carbonyl (C=O) groups is 1. The molecular formula is C24H32N2O2. The Hall–Kier alpha value is -2.07. The third-order valence-electron chi connectivity index (χ3n) is 6.46. The molecule has 2 aromatic carbocycles. The van der Waals surface area contributed by atoms with Crippen molar-refractivity contribution in [3.63, 3.8) is 0 Å². The van der Waals surface area contributed by atoms with Gasteiger partial charge in [-0.25, -0.2) is 0 Å². The van der Waals surface area contributed by atoms with Crippen LogP contribution in [0.25, 0.3) is 10.8 Å². The quantitative estimate of drug-likeness (QED) is 0.795. The maximum Gasteiger partial charge on any atom is 0.255 e. The third kappa shape index (κ3) is 4.17. The Morgan fingerprint density at radius 1 is 1.07 bits per heavy atom. The van der Waals surface area contributed by atoms with Crippen molar-refractivity contribution in [2.75, 3.05) is 26.2 Å². The van der Waals surface area contributed by atoms with E-state index in [4.69, 9.17) is 4.74 Å². The van der Waals surface area contributed by atoms with E-state index in [1.54, 1.807) is 0 Å². The number of likely N-dealkylation sites (tertiary alicyclic amines) is 1. The monoisotopic (exact) mass is 380 g/mol. The zero-order valence-corrected chi connectivity index (χ0v) is 17.0. The molecule has 0 radical (unpaired) electrons. The molecule has 1 amide bonds. The second kappa shape index (κ2) is 8.95. The Morgan fingerprint density at radius 2 is 1.82 bits per heavy atom. The first-order valence-electron chi connectivity index (χ1n) is 10.9. The van der Waals surface area contributed by atoms with E-state index in [0.29, 0.717) is 23.8 Å². The van der Waals surface area contributed by atoms with Gasteiger partial charge in [0.25, 0.3) is 5.91 Å². The minimum Gasteiger partial charge on any atom is -0.493 e. The summed E-state index contributed by atoms with van der Waals surface area (Å²) in [5, 5.41) is 5.24. The molecular weight excluding hydrogens is 348 g/mol. The van der Waals surface area contributed by atoms with Crippen LogP contribution in [-0.4, -0.2) is 43.1 Å². The smallest absolute Gasteiger partial charge is 0.255 e. The molecule has 1 heterocycles. The lowest BCUT2D eigenvalue weighted by Crippen LogP contribution is -2.42. The molecule has 150 valence electrons. The van der Waals surface area contributed by atoms with E-state index in [-0.39, 0.29) is 5.91 Å². The number of fused-ring (bicyclic) bond motifs is 1. The molecule has 1 aliphatic heterocycles. The van der Waals surface area contributed by atoms with Gasteiger partial charge in [0.15, 0.2) is 0 Å². The van der Waals surface area contributed by atoms with Gasteiger partial charge in [0.05, 0.1) is 12.2 Å². The van der Waals surface area contributed by atoms with Gasteiger partial charge in [0.1, 0.15) is 5.75 Å². The van der Waals surface area contributed by atoms with Crippen LogP contribution < -0.4 is 10.1 Å². The Bertz CT molecular complexity index is 805. The number of amides is 1. The Kier molecular flexibility index (Phi) is 6.16. The fourth-order valence-electron chi connectivity index (χ4n) is 4.88. The highest BCUT2D eigenvalue weighted by Crippen LogP contribution is 2.29. The highest BCUT2D eigenvalue weighted by atomic mass is 16.5. The molecule has 28 heavy (non-hydrogen) atoms. The van der Waals surface area contributed by atoms with Crippen LogP contribution in [-0.2, 0) is 0 Å². The Balaban J connectivity index is 1.39. The Morgan fingerprint density at radius 3 is 2.57 bits per heavy atom. The van der Waals surface area contributed by atoms with Crippen LogP contribution in [0.5, 0.6) is 5.75 Å². The molecule has 0 aromatic heterocycles. The van der Waals surface area contributed by atoms with Gasteiger partial charge in [-0.2, -0.15) is 0 Å². The standard InChI is InChI=1S/C24H32N2O2/c1-2-28-22-12-11-19-7-3-6-10-21(19)23(22)24(27)25-17-18-13-15-26(16-14-18)20-8-4-5-9-20/h3,6-7,10-12,18,20H,2,4-5,8-9,13-17H2,1H3,(H,25,27). The fourth-order valence-corrected chi connectivity index (χ4v) is 4.88. The highest BCUT2D eigenvalue weighted by molar-refractivity contribution is 6.09. The van der Waals surface area contributed by atoms with Crippen molar-refractivity contribution in [1.82, 2.24) is 10.2 Å². The predicted octanol–water partition coefficient (Wildman–Crippen LogP) is 4.62. The summed E-state index contributed by atoms with van der Waals surface area (Å²) >= 11 is 0. The number of rotatable bonds is 6. The third-order valence-corrected chi connectivity index (χ3v) is 6.46. The summed E-state index contributed by atoms with van der Waals surface area (Å²) in [4.78, 5) is 15.8. The number of nitrogens with one attached hydrogen (secondary N) is 1. The van der Waals surface area contributed by atoms with Crippen molar-refractivity contribution in [2.45, 2.75) is 51.5 Å². The summed E-state index contributed by atoms with van der Waals surface area (Å²) in [6, 6.07) is 12.8. The number of piperidine rings is 1. The van der Waals surface area contributed by atoms with E-state index < -0.39 is 0 Å². The fraction of sp³-hybridized carbons (Fsp3) is 0.542. The molecule has 1 aliphatic carbocycles. The predicted molar refractivity (Wildman–Crippen MR) is 114 cm³/mol. The molecule has 4 heteroatoms.